The van der Waals surface area contributed by atoms with Crippen molar-refractivity contribution in [2.24, 2.45) is 0 Å². The van der Waals surface area contributed by atoms with Gasteiger partial charge in [0, 0.05) is 0 Å². The van der Waals surface area contributed by atoms with Gasteiger partial charge in [0.05, 0.1) is 0 Å². The molecule has 1 heterocycles. The van der Waals surface area contributed by atoms with Gasteiger partial charge in [0.25, 0.3) is 0 Å². The standard InChI is InChI=1S/C10H3N3O2/c11-3-7(4-12)9(5-13)10-2-1-8(6-14)15-10/h1-2,6H. The van der Waals surface area contributed by atoms with Gasteiger partial charge in [-0.3, -0.25) is 4.79 Å². The van der Waals surface area contributed by atoms with E-state index in [0.717, 1.165) is 0 Å². The number of hydrogen-bond acceptors (Lipinski definition) is 5. The van der Waals surface area contributed by atoms with E-state index in [1.165, 1.54) is 12.1 Å². The van der Waals surface area contributed by atoms with Crippen molar-refractivity contribution in [3.05, 3.63) is 29.2 Å². The lowest BCUT2D eigenvalue weighted by Gasteiger charge is -1.91. The van der Waals surface area contributed by atoms with Gasteiger partial charge < -0.3 is 4.42 Å². The molecule has 0 unspecified atom stereocenters. The van der Waals surface area contributed by atoms with Crippen LogP contribution in [0.2, 0.25) is 0 Å². The first kappa shape index (κ1) is 10.2. The number of nitriles is 3. The summed E-state index contributed by atoms with van der Waals surface area (Å²) in [4.78, 5) is 10.3. The largest absolute Gasteiger partial charge is 0.452 e. The molecule has 0 N–H and O–H groups in total. The lowest BCUT2D eigenvalue weighted by Crippen LogP contribution is -1.83. The van der Waals surface area contributed by atoms with E-state index in [9.17, 15) is 4.79 Å². The van der Waals surface area contributed by atoms with Crippen molar-refractivity contribution in [1.29, 1.82) is 15.8 Å². The van der Waals surface area contributed by atoms with Crippen LogP contribution in [0.25, 0.3) is 5.57 Å². The molecular formula is C10H3N3O2. The Morgan fingerprint density at radius 1 is 1.20 bits per heavy atom. The summed E-state index contributed by atoms with van der Waals surface area (Å²) in [5.74, 6) is 0.0747. The van der Waals surface area contributed by atoms with E-state index < -0.39 is 0 Å². The Kier molecular flexibility index (Phi) is 3.01. The van der Waals surface area contributed by atoms with Crippen LogP contribution in [-0.2, 0) is 0 Å². The normalized spacial score (nSPS) is 8.07. The predicted molar refractivity (Wildman–Crippen MR) is 47.9 cm³/mol. The molecule has 5 nitrogen and oxygen atoms in total. The van der Waals surface area contributed by atoms with E-state index in [1.54, 1.807) is 18.2 Å². The monoisotopic (exact) mass is 197 g/mol. The number of carbonyl (C=O) groups is 1. The SMILES string of the molecule is N#CC(C#N)=C(C#N)c1ccc(C=O)o1. The molecule has 0 radical (unpaired) electrons. The Bertz CT molecular complexity index is 530. The Morgan fingerprint density at radius 3 is 2.27 bits per heavy atom. The van der Waals surface area contributed by atoms with Crippen LogP contribution in [-0.4, -0.2) is 6.29 Å². The summed E-state index contributed by atoms with van der Waals surface area (Å²) in [5, 5.41) is 25.9. The molecular weight excluding hydrogens is 194 g/mol. The number of rotatable bonds is 2. The topological polar surface area (TPSA) is 102 Å². The fraction of sp³-hybridized carbons (Fsp3) is 0. The first-order chi connectivity index (χ1) is 7.26. The maximum atomic E-state index is 10.3. The van der Waals surface area contributed by atoms with E-state index >= 15 is 0 Å². The number of aldehydes is 1. The summed E-state index contributed by atoms with van der Waals surface area (Å²) >= 11 is 0. The number of hydrogen-bond donors (Lipinski definition) is 0. The van der Waals surface area contributed by atoms with Crippen LogP contribution in [0.1, 0.15) is 16.3 Å². The quantitative estimate of drug-likeness (QED) is 0.526. The molecule has 1 rings (SSSR count). The van der Waals surface area contributed by atoms with Gasteiger partial charge in [-0.25, -0.2) is 0 Å². The zero-order valence-electron chi connectivity index (χ0n) is 7.39. The third-order valence-electron chi connectivity index (χ3n) is 1.57. The lowest BCUT2D eigenvalue weighted by molar-refractivity contribution is 0.110. The number of carbonyl (C=O) groups excluding carboxylic acids is 1. The van der Waals surface area contributed by atoms with Gasteiger partial charge >= 0.3 is 0 Å². The summed E-state index contributed by atoms with van der Waals surface area (Å²) in [7, 11) is 0. The maximum Gasteiger partial charge on any atom is 0.185 e. The molecule has 0 saturated heterocycles. The molecule has 0 atom stereocenters. The first-order valence-corrected chi connectivity index (χ1v) is 3.76. The van der Waals surface area contributed by atoms with Gasteiger partial charge in [0.1, 0.15) is 29.5 Å². The van der Waals surface area contributed by atoms with Gasteiger partial charge in [0.15, 0.2) is 17.6 Å². The number of nitrogens with zero attached hydrogens (tertiary/aromatic N) is 3. The minimum absolute atomic E-state index is 0.0352. The zero-order chi connectivity index (χ0) is 11.3. The Hall–Kier alpha value is -2.84. The molecule has 0 saturated carbocycles. The fourth-order valence-corrected chi connectivity index (χ4v) is 0.922. The van der Waals surface area contributed by atoms with Crippen LogP contribution < -0.4 is 0 Å². The Morgan fingerprint density at radius 2 is 1.87 bits per heavy atom. The van der Waals surface area contributed by atoms with Crippen LogP contribution in [0, 0.1) is 34.0 Å². The molecule has 0 amide bonds. The highest BCUT2D eigenvalue weighted by atomic mass is 16.3. The number of allylic oxidation sites excluding steroid dienone is 2. The average Bonchev–Trinajstić information content (AvgIpc) is 2.73. The summed E-state index contributed by atoms with van der Waals surface area (Å²) in [6.45, 7) is 0. The molecule has 0 aromatic carbocycles. The average molecular weight is 197 g/mol. The van der Waals surface area contributed by atoms with E-state index in [0.29, 0.717) is 6.29 Å². The van der Waals surface area contributed by atoms with Crippen molar-refractivity contribution >= 4 is 11.9 Å². The molecule has 0 spiro atoms. The Labute approximate surface area is 85.1 Å². The van der Waals surface area contributed by atoms with E-state index in [-0.39, 0.29) is 22.7 Å². The highest BCUT2D eigenvalue weighted by Gasteiger charge is 2.12. The van der Waals surface area contributed by atoms with Crippen molar-refractivity contribution < 1.29 is 9.21 Å². The molecule has 0 aliphatic heterocycles. The minimum atomic E-state index is -0.343. The second-order valence-electron chi connectivity index (χ2n) is 2.41. The van der Waals surface area contributed by atoms with E-state index in [4.69, 9.17) is 20.2 Å². The van der Waals surface area contributed by atoms with Crippen LogP contribution in [0.15, 0.2) is 22.1 Å². The molecule has 1 aromatic rings. The summed E-state index contributed by atoms with van der Waals surface area (Å²) in [5.41, 5.74) is -0.516. The van der Waals surface area contributed by atoms with Gasteiger partial charge in [-0.1, -0.05) is 0 Å². The van der Waals surface area contributed by atoms with Crippen molar-refractivity contribution in [2.45, 2.75) is 0 Å². The van der Waals surface area contributed by atoms with Crippen molar-refractivity contribution in [2.75, 3.05) is 0 Å². The molecule has 1 aromatic heterocycles. The molecule has 0 aliphatic rings. The minimum Gasteiger partial charge on any atom is -0.452 e. The first-order valence-electron chi connectivity index (χ1n) is 3.76. The molecule has 0 fully saturated rings. The van der Waals surface area contributed by atoms with E-state index in [1.807, 2.05) is 0 Å². The van der Waals surface area contributed by atoms with Crippen LogP contribution >= 0.6 is 0 Å². The second-order valence-corrected chi connectivity index (χ2v) is 2.41. The summed E-state index contributed by atoms with van der Waals surface area (Å²) < 4.78 is 4.92. The highest BCUT2D eigenvalue weighted by molar-refractivity contribution is 5.83. The van der Waals surface area contributed by atoms with Crippen molar-refractivity contribution in [3.63, 3.8) is 0 Å². The second kappa shape index (κ2) is 4.41. The zero-order valence-corrected chi connectivity index (χ0v) is 7.39. The molecule has 15 heavy (non-hydrogen) atoms. The predicted octanol–water partition coefficient (Wildman–Crippen LogP) is 1.42. The van der Waals surface area contributed by atoms with Crippen LogP contribution in [0.4, 0.5) is 0 Å². The van der Waals surface area contributed by atoms with Gasteiger partial charge in [-0.15, -0.1) is 0 Å². The third kappa shape index (κ3) is 1.91. The highest BCUT2D eigenvalue weighted by Crippen LogP contribution is 2.19. The Balaban J connectivity index is 3.34. The molecule has 0 aliphatic carbocycles. The third-order valence-corrected chi connectivity index (χ3v) is 1.57. The van der Waals surface area contributed by atoms with Gasteiger partial charge in [-0.2, -0.15) is 15.8 Å². The van der Waals surface area contributed by atoms with Crippen LogP contribution in [0.3, 0.4) is 0 Å². The fourth-order valence-electron chi connectivity index (χ4n) is 0.922. The van der Waals surface area contributed by atoms with E-state index in [2.05, 4.69) is 0 Å². The molecule has 5 heteroatoms. The van der Waals surface area contributed by atoms with Crippen molar-refractivity contribution in [1.82, 2.24) is 0 Å². The summed E-state index contributed by atoms with van der Waals surface area (Å²) in [6.07, 6.45) is 0.469. The molecule has 70 valence electrons. The van der Waals surface area contributed by atoms with Crippen molar-refractivity contribution in [3.8, 4) is 18.2 Å². The molecule has 0 bridgehead atoms. The number of furan rings is 1. The lowest BCUT2D eigenvalue weighted by atomic mass is 10.1. The van der Waals surface area contributed by atoms with Gasteiger partial charge in [-0.05, 0) is 12.1 Å². The van der Waals surface area contributed by atoms with Crippen LogP contribution in [0.5, 0.6) is 0 Å². The summed E-state index contributed by atoms with van der Waals surface area (Å²) in [6, 6.07) is 7.55. The smallest absolute Gasteiger partial charge is 0.185 e. The van der Waals surface area contributed by atoms with Gasteiger partial charge in [0.2, 0.25) is 0 Å². The maximum absolute atomic E-state index is 10.3.